The summed E-state index contributed by atoms with van der Waals surface area (Å²) < 4.78 is 25.1. The number of carbonyl (C=O) groups is 1. The van der Waals surface area contributed by atoms with Crippen molar-refractivity contribution in [3.05, 3.63) is 54.1 Å². The van der Waals surface area contributed by atoms with Crippen LogP contribution >= 0.6 is 0 Å². The molecule has 1 saturated heterocycles. The van der Waals surface area contributed by atoms with Crippen LogP contribution in [0.1, 0.15) is 30.3 Å². The molecule has 0 aliphatic carbocycles. The number of hydrogen-bond acceptors (Lipinski definition) is 4. The molecular formula is C18H24N4O3S. The average Bonchev–Trinajstić information content (AvgIpc) is 3.05. The SMILES string of the molecule is CN(C(=O)N[C@H](c1ccccc1)c1nccn1C)C1CCS(=O)(=O)CC1. The predicted octanol–water partition coefficient (Wildman–Crippen LogP) is 1.73. The molecule has 0 radical (unpaired) electrons. The fourth-order valence-electron chi connectivity index (χ4n) is 3.25. The van der Waals surface area contributed by atoms with Crippen molar-refractivity contribution < 1.29 is 13.2 Å². The summed E-state index contributed by atoms with van der Waals surface area (Å²) in [7, 11) is 0.656. The predicted molar refractivity (Wildman–Crippen MR) is 99.5 cm³/mol. The molecule has 0 unspecified atom stereocenters. The van der Waals surface area contributed by atoms with E-state index in [1.807, 2.05) is 48.1 Å². The summed E-state index contributed by atoms with van der Waals surface area (Å²) in [5, 5.41) is 3.05. The Kier molecular flexibility index (Phi) is 5.31. The number of benzene rings is 1. The van der Waals surface area contributed by atoms with Gasteiger partial charge in [-0.05, 0) is 18.4 Å². The molecule has 1 aliphatic rings. The third-order valence-corrected chi connectivity index (χ3v) is 6.63. The number of sulfone groups is 1. The monoisotopic (exact) mass is 376 g/mol. The van der Waals surface area contributed by atoms with E-state index in [4.69, 9.17) is 0 Å². The van der Waals surface area contributed by atoms with E-state index >= 15 is 0 Å². The third kappa shape index (κ3) is 4.07. The summed E-state index contributed by atoms with van der Waals surface area (Å²) >= 11 is 0. The topological polar surface area (TPSA) is 84.3 Å². The smallest absolute Gasteiger partial charge is 0.318 e. The van der Waals surface area contributed by atoms with E-state index in [2.05, 4.69) is 10.3 Å². The molecule has 26 heavy (non-hydrogen) atoms. The van der Waals surface area contributed by atoms with E-state index in [-0.39, 0.29) is 29.6 Å². The summed E-state index contributed by atoms with van der Waals surface area (Å²) in [6, 6.07) is 9.00. The molecule has 1 N–H and O–H groups in total. The molecule has 1 atom stereocenters. The maximum Gasteiger partial charge on any atom is 0.318 e. The van der Waals surface area contributed by atoms with Gasteiger partial charge in [-0.15, -0.1) is 0 Å². The molecule has 0 spiro atoms. The Hall–Kier alpha value is -2.35. The summed E-state index contributed by atoms with van der Waals surface area (Å²) in [6.07, 6.45) is 4.50. The van der Waals surface area contributed by atoms with Gasteiger partial charge in [0.05, 0.1) is 11.5 Å². The van der Waals surface area contributed by atoms with E-state index in [9.17, 15) is 13.2 Å². The summed E-state index contributed by atoms with van der Waals surface area (Å²) in [4.78, 5) is 18.8. The zero-order chi connectivity index (χ0) is 18.7. The van der Waals surface area contributed by atoms with Crippen LogP contribution in [0.2, 0.25) is 0 Å². The van der Waals surface area contributed by atoms with Crippen LogP contribution in [0.25, 0.3) is 0 Å². The van der Waals surface area contributed by atoms with Gasteiger partial charge in [0.2, 0.25) is 0 Å². The highest BCUT2D eigenvalue weighted by Gasteiger charge is 2.30. The van der Waals surface area contributed by atoms with Gasteiger partial charge in [-0.25, -0.2) is 18.2 Å². The van der Waals surface area contributed by atoms with E-state index in [1.54, 1.807) is 18.1 Å². The number of carbonyl (C=O) groups excluding carboxylic acids is 1. The van der Waals surface area contributed by atoms with Gasteiger partial charge in [-0.3, -0.25) is 0 Å². The fourth-order valence-corrected chi connectivity index (χ4v) is 4.72. The van der Waals surface area contributed by atoms with Crippen molar-refractivity contribution in [2.45, 2.75) is 24.9 Å². The van der Waals surface area contributed by atoms with Crippen LogP contribution in [-0.4, -0.2) is 53.5 Å². The van der Waals surface area contributed by atoms with Crippen molar-refractivity contribution in [3.63, 3.8) is 0 Å². The van der Waals surface area contributed by atoms with Gasteiger partial charge in [0.25, 0.3) is 0 Å². The Morgan fingerprint density at radius 1 is 1.27 bits per heavy atom. The van der Waals surface area contributed by atoms with Crippen LogP contribution < -0.4 is 5.32 Å². The molecular weight excluding hydrogens is 352 g/mol. The van der Waals surface area contributed by atoms with Crippen molar-refractivity contribution in [2.24, 2.45) is 7.05 Å². The molecule has 1 aliphatic heterocycles. The zero-order valence-corrected chi connectivity index (χ0v) is 15.8. The second-order valence-corrected chi connectivity index (χ2v) is 8.99. The minimum absolute atomic E-state index is 0.0729. The van der Waals surface area contributed by atoms with Gasteiger partial charge in [0.15, 0.2) is 0 Å². The molecule has 1 fully saturated rings. The first kappa shape index (κ1) is 18.4. The molecule has 2 amide bonds. The number of nitrogens with one attached hydrogen (secondary N) is 1. The van der Waals surface area contributed by atoms with Crippen LogP contribution in [0.15, 0.2) is 42.7 Å². The van der Waals surface area contributed by atoms with Gasteiger partial charge >= 0.3 is 6.03 Å². The van der Waals surface area contributed by atoms with Crippen molar-refractivity contribution in [3.8, 4) is 0 Å². The standard InChI is InChI=1S/C18H24N4O3S/c1-21-11-10-19-17(21)16(14-6-4-3-5-7-14)20-18(23)22(2)15-8-12-26(24,25)13-9-15/h3-7,10-11,15-16H,8-9,12-13H2,1-2H3,(H,20,23)/t16-/m1/s1. The second-order valence-electron chi connectivity index (χ2n) is 6.68. The molecule has 1 aromatic carbocycles. The quantitative estimate of drug-likeness (QED) is 0.881. The van der Waals surface area contributed by atoms with Crippen LogP contribution in [0.3, 0.4) is 0 Å². The van der Waals surface area contributed by atoms with Crippen molar-refractivity contribution in [1.29, 1.82) is 0 Å². The zero-order valence-electron chi connectivity index (χ0n) is 15.0. The maximum atomic E-state index is 12.8. The Labute approximate surface area is 154 Å². The molecule has 7 nitrogen and oxygen atoms in total. The number of rotatable bonds is 4. The lowest BCUT2D eigenvalue weighted by Gasteiger charge is -2.32. The van der Waals surface area contributed by atoms with Gasteiger partial charge in [-0.2, -0.15) is 0 Å². The second kappa shape index (κ2) is 7.49. The Morgan fingerprint density at radius 3 is 2.50 bits per heavy atom. The maximum absolute atomic E-state index is 12.8. The highest BCUT2D eigenvalue weighted by Crippen LogP contribution is 2.22. The number of aryl methyl sites for hydroxylation is 1. The largest absolute Gasteiger partial charge is 0.336 e. The molecule has 0 saturated carbocycles. The first-order valence-electron chi connectivity index (χ1n) is 8.63. The number of aromatic nitrogens is 2. The van der Waals surface area contributed by atoms with E-state index in [0.717, 1.165) is 11.4 Å². The number of hydrogen-bond donors (Lipinski definition) is 1. The minimum Gasteiger partial charge on any atom is -0.336 e. The number of imidazole rings is 1. The molecule has 3 rings (SSSR count). The normalized spacial score (nSPS) is 18.2. The van der Waals surface area contributed by atoms with Crippen LogP contribution in [0, 0.1) is 0 Å². The van der Waals surface area contributed by atoms with Crippen molar-refractivity contribution >= 4 is 15.9 Å². The Balaban J connectivity index is 1.77. The highest BCUT2D eigenvalue weighted by atomic mass is 32.2. The summed E-state index contributed by atoms with van der Waals surface area (Å²) in [6.45, 7) is 0. The molecule has 1 aromatic heterocycles. The Bertz CT molecular complexity index is 850. The van der Waals surface area contributed by atoms with Gasteiger partial charge in [0.1, 0.15) is 21.7 Å². The minimum atomic E-state index is -2.95. The van der Waals surface area contributed by atoms with Crippen molar-refractivity contribution in [1.82, 2.24) is 19.8 Å². The number of urea groups is 1. The lowest BCUT2D eigenvalue weighted by Crippen LogP contribution is -2.48. The molecule has 8 heteroatoms. The van der Waals surface area contributed by atoms with Crippen molar-refractivity contribution in [2.75, 3.05) is 18.6 Å². The Morgan fingerprint density at radius 2 is 1.92 bits per heavy atom. The van der Waals surface area contributed by atoms with Gasteiger partial charge in [0, 0.05) is 32.5 Å². The van der Waals surface area contributed by atoms with Gasteiger partial charge in [-0.1, -0.05) is 30.3 Å². The molecule has 2 aromatic rings. The lowest BCUT2D eigenvalue weighted by atomic mass is 10.1. The molecule has 0 bridgehead atoms. The van der Waals surface area contributed by atoms with E-state index in [1.165, 1.54) is 0 Å². The average molecular weight is 376 g/mol. The first-order chi connectivity index (χ1) is 12.4. The van der Waals surface area contributed by atoms with E-state index in [0.29, 0.717) is 12.8 Å². The van der Waals surface area contributed by atoms with Gasteiger partial charge < -0.3 is 14.8 Å². The summed E-state index contributed by atoms with van der Waals surface area (Å²) in [5.41, 5.74) is 0.940. The number of nitrogens with zero attached hydrogens (tertiary/aromatic N) is 3. The van der Waals surface area contributed by atoms with E-state index < -0.39 is 9.84 Å². The third-order valence-electron chi connectivity index (χ3n) is 4.91. The van der Waals surface area contributed by atoms with Crippen LogP contribution in [0.4, 0.5) is 4.79 Å². The highest BCUT2D eigenvalue weighted by molar-refractivity contribution is 7.91. The number of amides is 2. The van der Waals surface area contributed by atoms with Crippen LogP contribution in [0.5, 0.6) is 0 Å². The lowest BCUT2D eigenvalue weighted by molar-refractivity contribution is 0.183. The van der Waals surface area contributed by atoms with Crippen LogP contribution in [-0.2, 0) is 16.9 Å². The fraction of sp³-hybridized carbons (Fsp3) is 0.444. The first-order valence-corrected chi connectivity index (χ1v) is 10.5. The molecule has 140 valence electrons. The summed E-state index contributed by atoms with van der Waals surface area (Å²) in [5.74, 6) is 1.01. The molecule has 2 heterocycles.